The lowest BCUT2D eigenvalue weighted by Gasteiger charge is -2.32. The first-order chi connectivity index (χ1) is 15.8. The molecule has 1 saturated heterocycles. The van der Waals surface area contributed by atoms with Crippen LogP contribution in [0.1, 0.15) is 24.1 Å². The molecule has 3 aromatic rings. The van der Waals surface area contributed by atoms with Gasteiger partial charge in [0, 0.05) is 24.7 Å². The van der Waals surface area contributed by atoms with Crippen LogP contribution in [0.5, 0.6) is 5.75 Å². The molecule has 1 aliphatic rings. The van der Waals surface area contributed by atoms with Crippen molar-refractivity contribution in [1.82, 2.24) is 20.3 Å². The summed E-state index contributed by atoms with van der Waals surface area (Å²) in [7, 11) is 0. The summed E-state index contributed by atoms with van der Waals surface area (Å²) in [5.41, 5.74) is -0.0154. The summed E-state index contributed by atoms with van der Waals surface area (Å²) >= 11 is 0. The second-order valence-corrected chi connectivity index (χ2v) is 7.80. The number of β-amino-alcohol motifs (C(OH)–C–C–N with tert-alkyl or cyclic N) is 1. The molecule has 0 saturated carbocycles. The summed E-state index contributed by atoms with van der Waals surface area (Å²) in [5.74, 6) is 0.116. The van der Waals surface area contributed by atoms with Crippen LogP contribution in [0, 0.1) is 6.92 Å². The van der Waals surface area contributed by atoms with E-state index in [4.69, 9.17) is 9.26 Å². The van der Waals surface area contributed by atoms with E-state index < -0.39 is 11.7 Å². The predicted octanol–water partition coefficient (Wildman–Crippen LogP) is 3.02. The topological polar surface area (TPSA) is 114 Å². The number of halogens is 3. The fraction of sp³-hybridized carbons (Fsp3) is 0.429. The molecule has 2 N–H and O–H groups in total. The van der Waals surface area contributed by atoms with Gasteiger partial charge in [0.2, 0.25) is 0 Å². The first-order valence-electron chi connectivity index (χ1n) is 10.4. The number of rotatable bonds is 7. The molecule has 2 aromatic heterocycles. The van der Waals surface area contributed by atoms with Gasteiger partial charge >= 0.3 is 6.18 Å². The molecule has 176 valence electrons. The highest BCUT2D eigenvalue weighted by atomic mass is 19.4. The Morgan fingerprint density at radius 2 is 2.18 bits per heavy atom. The van der Waals surface area contributed by atoms with E-state index in [0.29, 0.717) is 30.0 Å². The number of ether oxygens (including phenoxy) is 1. The minimum Gasteiger partial charge on any atom is -0.428 e. The smallest absolute Gasteiger partial charge is 0.416 e. The Labute approximate surface area is 186 Å². The Balaban J connectivity index is 1.72. The van der Waals surface area contributed by atoms with Gasteiger partial charge in [0.15, 0.2) is 11.4 Å². The van der Waals surface area contributed by atoms with Crippen LogP contribution in [0.3, 0.4) is 0 Å². The lowest BCUT2D eigenvalue weighted by Crippen LogP contribution is -2.43. The van der Waals surface area contributed by atoms with Crippen molar-refractivity contribution < 1.29 is 32.3 Å². The van der Waals surface area contributed by atoms with Crippen LogP contribution in [0.25, 0.3) is 22.2 Å². The van der Waals surface area contributed by atoms with Gasteiger partial charge in [0.25, 0.3) is 6.47 Å². The Kier molecular flexibility index (Phi) is 6.47. The number of aliphatic hydroxyl groups is 1. The molecule has 33 heavy (non-hydrogen) atoms. The third kappa shape index (κ3) is 4.76. The van der Waals surface area contributed by atoms with E-state index in [1.54, 1.807) is 6.92 Å². The van der Waals surface area contributed by atoms with E-state index in [0.717, 1.165) is 37.6 Å². The van der Waals surface area contributed by atoms with Crippen LogP contribution in [-0.2, 0) is 11.0 Å². The number of likely N-dealkylation sites (tertiary alicyclic amines) is 1. The molecule has 1 aromatic carbocycles. The molecular weight excluding hydrogens is 443 g/mol. The summed E-state index contributed by atoms with van der Waals surface area (Å²) in [6.07, 6.45) is -2.76. The molecule has 3 heterocycles. The van der Waals surface area contributed by atoms with Crippen LogP contribution in [0.4, 0.5) is 19.0 Å². The molecule has 1 fully saturated rings. The summed E-state index contributed by atoms with van der Waals surface area (Å²) in [5, 5.41) is 25.5. The molecule has 1 aliphatic heterocycles. The van der Waals surface area contributed by atoms with Gasteiger partial charge in [-0.15, -0.1) is 10.2 Å². The highest BCUT2D eigenvalue weighted by Crippen LogP contribution is 2.40. The fourth-order valence-electron chi connectivity index (χ4n) is 4.04. The van der Waals surface area contributed by atoms with Crippen molar-refractivity contribution in [3.63, 3.8) is 0 Å². The van der Waals surface area contributed by atoms with Crippen LogP contribution < -0.4 is 10.1 Å². The minimum atomic E-state index is -4.61. The van der Waals surface area contributed by atoms with E-state index in [1.165, 1.54) is 0 Å². The van der Waals surface area contributed by atoms with Crippen molar-refractivity contribution in [3.8, 4) is 17.0 Å². The lowest BCUT2D eigenvalue weighted by molar-refractivity contribution is -0.138. The maximum Gasteiger partial charge on any atom is 0.416 e. The van der Waals surface area contributed by atoms with Crippen molar-refractivity contribution in [2.75, 3.05) is 31.6 Å². The number of anilines is 1. The maximum absolute atomic E-state index is 13.1. The SMILES string of the molecule is Cc1noc2c(-c3ccc(C(F)(F)F)cc3OC=O)nnc(N[C@@H]3CCCN(CCO)C3)c12. The Morgan fingerprint density at radius 1 is 1.36 bits per heavy atom. The van der Waals surface area contributed by atoms with Crippen molar-refractivity contribution in [3.05, 3.63) is 29.5 Å². The largest absolute Gasteiger partial charge is 0.428 e. The number of alkyl halides is 3. The molecular formula is C21H22F3N5O4. The van der Waals surface area contributed by atoms with Crippen molar-refractivity contribution in [2.24, 2.45) is 0 Å². The molecule has 0 bridgehead atoms. The molecule has 12 heteroatoms. The summed E-state index contributed by atoms with van der Waals surface area (Å²) in [4.78, 5) is 13.1. The van der Waals surface area contributed by atoms with E-state index in [1.807, 2.05) is 0 Å². The second-order valence-electron chi connectivity index (χ2n) is 7.80. The zero-order valence-corrected chi connectivity index (χ0v) is 17.7. The average Bonchev–Trinajstić information content (AvgIpc) is 3.16. The number of aliphatic hydroxyl groups excluding tert-OH is 1. The standard InChI is InChI=1S/C21H22F3N5O4/c1-12-17-19(33-28-12)18(15-5-4-13(21(22,23)24)9-16(15)32-11-31)26-27-20(17)25-14-3-2-6-29(10-14)7-8-30/h4-5,9,11,14,30H,2-3,6-8,10H2,1H3,(H,25,27)/t14-/m1/s1. The van der Waals surface area contributed by atoms with E-state index in [-0.39, 0.29) is 41.7 Å². The minimum absolute atomic E-state index is 0.0480. The number of fused-ring (bicyclic) bond motifs is 1. The molecule has 0 spiro atoms. The number of nitrogens with zero attached hydrogens (tertiary/aromatic N) is 4. The summed E-state index contributed by atoms with van der Waals surface area (Å²) in [6, 6.07) is 2.81. The molecule has 4 rings (SSSR count). The molecule has 0 amide bonds. The number of hydrogen-bond donors (Lipinski definition) is 2. The van der Waals surface area contributed by atoms with Crippen LogP contribution in [-0.4, -0.2) is 64.1 Å². The van der Waals surface area contributed by atoms with Gasteiger partial charge in [-0.3, -0.25) is 9.69 Å². The van der Waals surface area contributed by atoms with Gasteiger partial charge in [0.1, 0.15) is 11.4 Å². The number of piperidine rings is 1. The van der Waals surface area contributed by atoms with Gasteiger partial charge in [0.05, 0.1) is 23.3 Å². The van der Waals surface area contributed by atoms with Gasteiger partial charge in [-0.25, -0.2) is 0 Å². The van der Waals surface area contributed by atoms with E-state index in [9.17, 15) is 23.1 Å². The normalized spacial score (nSPS) is 17.3. The van der Waals surface area contributed by atoms with E-state index in [2.05, 4.69) is 25.6 Å². The maximum atomic E-state index is 13.1. The first kappa shape index (κ1) is 22.9. The highest BCUT2D eigenvalue weighted by molar-refractivity contribution is 5.98. The first-order valence-corrected chi connectivity index (χ1v) is 10.4. The number of aryl methyl sites for hydroxylation is 1. The van der Waals surface area contributed by atoms with Gasteiger partial charge in [-0.05, 0) is 44.5 Å². The lowest BCUT2D eigenvalue weighted by atomic mass is 10.0. The van der Waals surface area contributed by atoms with Gasteiger partial charge in [-0.1, -0.05) is 5.16 Å². The van der Waals surface area contributed by atoms with Crippen molar-refractivity contribution >= 4 is 23.3 Å². The number of carbonyl (C=O) groups is 1. The highest BCUT2D eigenvalue weighted by Gasteiger charge is 2.32. The molecule has 0 radical (unpaired) electrons. The quantitative estimate of drug-likeness (QED) is 0.508. The van der Waals surface area contributed by atoms with Crippen LogP contribution >= 0.6 is 0 Å². The number of carbonyl (C=O) groups excluding carboxylic acids is 1. The zero-order chi connectivity index (χ0) is 23.6. The predicted molar refractivity (Wildman–Crippen MR) is 112 cm³/mol. The second kappa shape index (κ2) is 9.32. The van der Waals surface area contributed by atoms with Gasteiger partial charge < -0.3 is 19.7 Å². The Hall–Kier alpha value is -3.25. The molecule has 1 atom stereocenters. The number of nitrogens with one attached hydrogen (secondary N) is 1. The van der Waals surface area contributed by atoms with Crippen LogP contribution in [0.2, 0.25) is 0 Å². The van der Waals surface area contributed by atoms with E-state index >= 15 is 0 Å². The van der Waals surface area contributed by atoms with Crippen LogP contribution in [0.15, 0.2) is 22.7 Å². The monoisotopic (exact) mass is 465 g/mol. The molecule has 0 unspecified atom stereocenters. The zero-order valence-electron chi connectivity index (χ0n) is 17.7. The third-order valence-corrected chi connectivity index (χ3v) is 5.57. The third-order valence-electron chi connectivity index (χ3n) is 5.57. The molecule has 9 nitrogen and oxygen atoms in total. The van der Waals surface area contributed by atoms with Crippen molar-refractivity contribution in [1.29, 1.82) is 0 Å². The van der Waals surface area contributed by atoms with Crippen molar-refractivity contribution in [2.45, 2.75) is 32.0 Å². The molecule has 0 aliphatic carbocycles. The average molecular weight is 465 g/mol. The summed E-state index contributed by atoms with van der Waals surface area (Å²) in [6.45, 7) is 4.04. The Morgan fingerprint density at radius 3 is 2.91 bits per heavy atom. The number of hydrogen-bond acceptors (Lipinski definition) is 9. The number of aromatic nitrogens is 3. The Bertz CT molecular complexity index is 1150. The fourth-order valence-corrected chi connectivity index (χ4v) is 4.04. The summed E-state index contributed by atoms with van der Waals surface area (Å²) < 4.78 is 49.6. The number of benzene rings is 1. The van der Waals surface area contributed by atoms with Gasteiger partial charge in [-0.2, -0.15) is 13.2 Å².